The molecular formula is C27H37N3O4. The largest absolute Gasteiger partial charge is 0.508 e. The van der Waals surface area contributed by atoms with E-state index in [1.807, 2.05) is 31.7 Å². The van der Waals surface area contributed by atoms with E-state index < -0.39 is 17.7 Å². The average molecular weight is 468 g/mol. The number of aromatic hydroxyl groups is 1. The topological polar surface area (TPSA) is 73.3 Å². The third-order valence-corrected chi connectivity index (χ3v) is 6.04. The van der Waals surface area contributed by atoms with Gasteiger partial charge in [0.05, 0.1) is 0 Å². The molecule has 1 fully saturated rings. The van der Waals surface area contributed by atoms with Gasteiger partial charge in [0.25, 0.3) is 0 Å². The van der Waals surface area contributed by atoms with Crippen molar-refractivity contribution in [3.8, 4) is 5.75 Å². The molecule has 1 aliphatic rings. The number of likely N-dealkylation sites (N-methyl/N-ethyl adjacent to an activating group) is 1. The first-order valence-electron chi connectivity index (χ1n) is 11.9. The highest BCUT2D eigenvalue weighted by Gasteiger charge is 2.34. The van der Waals surface area contributed by atoms with Crippen LogP contribution in [0.1, 0.15) is 31.9 Å². The van der Waals surface area contributed by atoms with Crippen LogP contribution < -0.4 is 0 Å². The van der Waals surface area contributed by atoms with Gasteiger partial charge < -0.3 is 14.7 Å². The molecule has 2 aromatic carbocycles. The van der Waals surface area contributed by atoms with Crippen LogP contribution in [-0.2, 0) is 22.4 Å². The SMILES string of the molecule is CN(C(=O)OC(C)(C)C)[C@@H](Cc1ccc(O)cc1)C(=O)N1CCN(CCc2ccccc2)CC1. The number of hydrogen-bond donors (Lipinski definition) is 1. The minimum absolute atomic E-state index is 0.0795. The molecule has 0 saturated carbocycles. The lowest BCUT2D eigenvalue weighted by atomic mass is 10.0. The maximum atomic E-state index is 13.6. The summed E-state index contributed by atoms with van der Waals surface area (Å²) in [4.78, 5) is 32.0. The van der Waals surface area contributed by atoms with E-state index in [4.69, 9.17) is 4.74 Å². The Hall–Kier alpha value is -3.06. The van der Waals surface area contributed by atoms with Crippen molar-refractivity contribution in [2.24, 2.45) is 0 Å². The van der Waals surface area contributed by atoms with E-state index >= 15 is 0 Å². The maximum Gasteiger partial charge on any atom is 0.410 e. The lowest BCUT2D eigenvalue weighted by Gasteiger charge is -2.38. The smallest absolute Gasteiger partial charge is 0.410 e. The van der Waals surface area contributed by atoms with Gasteiger partial charge in [-0.2, -0.15) is 0 Å². The molecule has 34 heavy (non-hydrogen) atoms. The van der Waals surface area contributed by atoms with Gasteiger partial charge in [-0.15, -0.1) is 0 Å². The number of rotatable bonds is 7. The Kier molecular flexibility index (Phi) is 8.56. The summed E-state index contributed by atoms with van der Waals surface area (Å²) in [5.41, 5.74) is 1.53. The molecular weight excluding hydrogens is 430 g/mol. The second kappa shape index (κ2) is 11.4. The number of phenols is 1. The lowest BCUT2D eigenvalue weighted by molar-refractivity contribution is -0.138. The van der Waals surface area contributed by atoms with E-state index in [1.165, 1.54) is 10.5 Å². The quantitative estimate of drug-likeness (QED) is 0.674. The van der Waals surface area contributed by atoms with Crippen LogP contribution in [0.5, 0.6) is 5.75 Å². The fourth-order valence-corrected chi connectivity index (χ4v) is 4.04. The monoisotopic (exact) mass is 467 g/mol. The van der Waals surface area contributed by atoms with Crippen LogP contribution in [-0.4, -0.2) is 83.2 Å². The highest BCUT2D eigenvalue weighted by atomic mass is 16.6. The van der Waals surface area contributed by atoms with Crippen molar-refractivity contribution in [3.05, 3.63) is 65.7 Å². The number of nitrogens with zero attached hydrogens (tertiary/aromatic N) is 3. The third-order valence-electron chi connectivity index (χ3n) is 6.04. The molecule has 0 spiro atoms. The summed E-state index contributed by atoms with van der Waals surface area (Å²) in [5, 5.41) is 9.61. The minimum Gasteiger partial charge on any atom is -0.508 e. The molecule has 0 bridgehead atoms. The van der Waals surface area contributed by atoms with E-state index in [9.17, 15) is 14.7 Å². The Morgan fingerprint density at radius 3 is 2.18 bits per heavy atom. The van der Waals surface area contributed by atoms with Crippen molar-refractivity contribution in [2.75, 3.05) is 39.8 Å². The number of benzene rings is 2. The first-order valence-corrected chi connectivity index (χ1v) is 11.9. The Bertz CT molecular complexity index is 933. The van der Waals surface area contributed by atoms with Crippen molar-refractivity contribution in [3.63, 3.8) is 0 Å². The Balaban J connectivity index is 1.64. The van der Waals surface area contributed by atoms with Gasteiger partial charge in [0, 0.05) is 46.2 Å². The van der Waals surface area contributed by atoms with Crippen LogP contribution in [0.2, 0.25) is 0 Å². The predicted molar refractivity (Wildman–Crippen MR) is 133 cm³/mol. The molecule has 0 aromatic heterocycles. The van der Waals surface area contributed by atoms with Crippen LogP contribution in [0.15, 0.2) is 54.6 Å². The van der Waals surface area contributed by atoms with E-state index in [2.05, 4.69) is 29.2 Å². The molecule has 2 amide bonds. The molecule has 1 aliphatic heterocycles. The standard InChI is InChI=1S/C27H37N3O4/c1-27(2,3)34-26(33)28(4)24(20-22-10-12-23(31)13-11-22)25(32)30-18-16-29(17-19-30)15-14-21-8-6-5-7-9-21/h5-13,24,31H,14-20H2,1-4H3/t24-/m0/s1. The van der Waals surface area contributed by atoms with Crippen molar-refractivity contribution in [1.29, 1.82) is 0 Å². The summed E-state index contributed by atoms with van der Waals surface area (Å²) >= 11 is 0. The maximum absolute atomic E-state index is 13.6. The highest BCUT2D eigenvalue weighted by molar-refractivity contribution is 5.86. The molecule has 2 aromatic rings. The zero-order valence-electron chi connectivity index (χ0n) is 20.7. The minimum atomic E-state index is -0.685. The molecule has 7 nitrogen and oxygen atoms in total. The van der Waals surface area contributed by atoms with Gasteiger partial charge >= 0.3 is 6.09 Å². The normalized spacial score (nSPS) is 15.6. The second-order valence-electron chi connectivity index (χ2n) is 9.88. The predicted octanol–water partition coefficient (Wildman–Crippen LogP) is 3.56. The molecule has 3 rings (SSSR count). The van der Waals surface area contributed by atoms with Crippen LogP contribution in [0.25, 0.3) is 0 Å². The number of carbonyl (C=O) groups is 2. The number of phenolic OH excluding ortho intramolecular Hbond substituents is 1. The average Bonchev–Trinajstić information content (AvgIpc) is 2.81. The molecule has 184 valence electrons. The summed E-state index contributed by atoms with van der Waals surface area (Å²) in [5.74, 6) is 0.0860. The molecule has 1 saturated heterocycles. The third kappa shape index (κ3) is 7.48. The van der Waals surface area contributed by atoms with E-state index in [-0.39, 0.29) is 11.7 Å². The van der Waals surface area contributed by atoms with E-state index in [1.54, 1.807) is 31.3 Å². The molecule has 0 radical (unpaired) electrons. The van der Waals surface area contributed by atoms with Gasteiger partial charge in [0.2, 0.25) is 5.91 Å². The van der Waals surface area contributed by atoms with Gasteiger partial charge in [0.1, 0.15) is 17.4 Å². The molecule has 0 aliphatic carbocycles. The fourth-order valence-electron chi connectivity index (χ4n) is 4.04. The van der Waals surface area contributed by atoms with Gasteiger partial charge in [-0.25, -0.2) is 4.79 Å². The number of amides is 2. The van der Waals surface area contributed by atoms with Crippen molar-refractivity contribution >= 4 is 12.0 Å². The van der Waals surface area contributed by atoms with Crippen molar-refractivity contribution in [1.82, 2.24) is 14.7 Å². The number of hydrogen-bond acceptors (Lipinski definition) is 5. The Morgan fingerprint density at radius 2 is 1.59 bits per heavy atom. The molecule has 0 unspecified atom stereocenters. The zero-order chi connectivity index (χ0) is 24.7. The number of ether oxygens (including phenoxy) is 1. The summed E-state index contributed by atoms with van der Waals surface area (Å²) in [6.07, 6.45) is 0.814. The van der Waals surface area contributed by atoms with Crippen LogP contribution >= 0.6 is 0 Å². The Morgan fingerprint density at radius 1 is 0.971 bits per heavy atom. The van der Waals surface area contributed by atoms with Crippen LogP contribution in [0, 0.1) is 0 Å². The number of piperazine rings is 1. The van der Waals surface area contributed by atoms with Gasteiger partial charge in [-0.05, 0) is 50.5 Å². The van der Waals surface area contributed by atoms with Gasteiger partial charge in [-0.1, -0.05) is 42.5 Å². The zero-order valence-corrected chi connectivity index (χ0v) is 20.7. The second-order valence-corrected chi connectivity index (χ2v) is 9.88. The van der Waals surface area contributed by atoms with E-state index in [0.29, 0.717) is 19.5 Å². The summed E-state index contributed by atoms with van der Waals surface area (Å²) in [6, 6.07) is 16.5. The molecule has 1 heterocycles. The first-order chi connectivity index (χ1) is 16.1. The van der Waals surface area contributed by atoms with Crippen molar-refractivity contribution in [2.45, 2.75) is 45.3 Å². The van der Waals surface area contributed by atoms with Gasteiger partial charge in [-0.3, -0.25) is 14.6 Å². The van der Waals surface area contributed by atoms with Gasteiger partial charge in [0.15, 0.2) is 0 Å². The highest BCUT2D eigenvalue weighted by Crippen LogP contribution is 2.18. The lowest BCUT2D eigenvalue weighted by Crippen LogP contribution is -2.56. The summed E-state index contributed by atoms with van der Waals surface area (Å²) < 4.78 is 5.53. The Labute approximate surface area is 202 Å². The summed E-state index contributed by atoms with van der Waals surface area (Å²) in [7, 11) is 1.62. The molecule has 1 N–H and O–H groups in total. The van der Waals surface area contributed by atoms with Crippen molar-refractivity contribution < 1.29 is 19.4 Å². The van der Waals surface area contributed by atoms with Crippen LogP contribution in [0.3, 0.4) is 0 Å². The molecule has 1 atom stereocenters. The fraction of sp³-hybridized carbons (Fsp3) is 0.481. The van der Waals surface area contributed by atoms with E-state index in [0.717, 1.165) is 31.6 Å². The molecule has 7 heteroatoms. The first kappa shape index (κ1) is 25.6. The summed E-state index contributed by atoms with van der Waals surface area (Å²) in [6.45, 7) is 9.25. The van der Waals surface area contributed by atoms with Crippen LogP contribution in [0.4, 0.5) is 4.79 Å². The number of carbonyl (C=O) groups excluding carboxylic acids is 2.